The molecule has 1 fully saturated rings. The lowest BCUT2D eigenvalue weighted by Crippen LogP contribution is -2.34. The quantitative estimate of drug-likeness (QED) is 0.893. The smallest absolute Gasteiger partial charge is 0.256 e. The summed E-state index contributed by atoms with van der Waals surface area (Å²) in [6.07, 6.45) is 2.07. The van der Waals surface area contributed by atoms with Crippen LogP contribution in [0.4, 0.5) is 0 Å². The van der Waals surface area contributed by atoms with Gasteiger partial charge >= 0.3 is 0 Å². The molecule has 6 heteroatoms. The summed E-state index contributed by atoms with van der Waals surface area (Å²) in [6.45, 7) is 1.22. The monoisotopic (exact) mass is 350 g/mol. The first-order chi connectivity index (χ1) is 10.1. The van der Waals surface area contributed by atoms with E-state index in [9.17, 15) is 4.79 Å². The van der Waals surface area contributed by atoms with Gasteiger partial charge in [0.15, 0.2) is 0 Å². The van der Waals surface area contributed by atoms with Crippen molar-refractivity contribution >= 4 is 32.8 Å². The summed E-state index contributed by atoms with van der Waals surface area (Å²) < 4.78 is 11.8. The highest BCUT2D eigenvalue weighted by Crippen LogP contribution is 2.19. The van der Waals surface area contributed by atoms with E-state index in [1.807, 2.05) is 12.1 Å². The van der Waals surface area contributed by atoms with Crippen molar-refractivity contribution in [1.82, 2.24) is 5.32 Å². The summed E-state index contributed by atoms with van der Waals surface area (Å²) >= 11 is 3.38. The van der Waals surface area contributed by atoms with E-state index in [0.717, 1.165) is 29.3 Å². The predicted octanol–water partition coefficient (Wildman–Crippen LogP) is 2.58. The molecule has 1 aromatic carbocycles. The summed E-state index contributed by atoms with van der Waals surface area (Å²) in [5, 5.41) is 11.4. The molecule has 21 heavy (non-hydrogen) atoms. The fourth-order valence-electron chi connectivity index (χ4n) is 2.39. The minimum atomic E-state index is -0.305. The van der Waals surface area contributed by atoms with Crippen LogP contribution in [0.2, 0.25) is 0 Å². The van der Waals surface area contributed by atoms with Gasteiger partial charge in [0.1, 0.15) is 11.1 Å². The van der Waals surface area contributed by atoms with Gasteiger partial charge < -0.3 is 14.5 Å². The minimum absolute atomic E-state index is 0.0784. The van der Waals surface area contributed by atoms with Crippen molar-refractivity contribution < 1.29 is 13.9 Å². The number of benzene rings is 1. The van der Waals surface area contributed by atoms with E-state index >= 15 is 0 Å². The van der Waals surface area contributed by atoms with Crippen molar-refractivity contribution in [2.45, 2.75) is 18.9 Å². The fourth-order valence-corrected chi connectivity index (χ4v) is 2.77. The maximum absolute atomic E-state index is 12.2. The second kappa shape index (κ2) is 5.99. The second-order valence-electron chi connectivity index (χ2n) is 5.02. The topological polar surface area (TPSA) is 75.3 Å². The summed E-state index contributed by atoms with van der Waals surface area (Å²) in [7, 11) is 0. The molecular formula is C15H15BrN2O3. The summed E-state index contributed by atoms with van der Waals surface area (Å²) in [5.41, 5.74) is 0.687. The highest BCUT2D eigenvalue weighted by Gasteiger charge is 2.18. The third kappa shape index (κ3) is 3.16. The molecule has 1 aromatic heterocycles. The molecule has 1 aliphatic heterocycles. The van der Waals surface area contributed by atoms with Gasteiger partial charge in [0.25, 0.3) is 5.91 Å². The molecule has 5 nitrogen and oxygen atoms in total. The standard InChI is InChI=1S/C15H15BrN2O3/c16-10-3-4-13-9(6-10)7-12(14(17)21-13)15(19)18-8-11-2-1-5-20-11/h3-4,6-7,11,17H,1-2,5,8H2,(H,18,19)/t11-/m1/s1. The van der Waals surface area contributed by atoms with Gasteiger partial charge in [0.2, 0.25) is 5.55 Å². The molecule has 1 saturated heterocycles. The Balaban J connectivity index is 1.83. The zero-order valence-electron chi connectivity index (χ0n) is 11.3. The first-order valence-corrected chi connectivity index (χ1v) is 7.60. The highest BCUT2D eigenvalue weighted by molar-refractivity contribution is 9.10. The maximum atomic E-state index is 12.2. The summed E-state index contributed by atoms with van der Waals surface area (Å²) in [5.74, 6) is -0.305. The van der Waals surface area contributed by atoms with Gasteiger partial charge in [-0.1, -0.05) is 15.9 Å². The van der Waals surface area contributed by atoms with E-state index in [1.54, 1.807) is 12.1 Å². The number of carbonyl (C=O) groups excluding carboxylic acids is 1. The zero-order valence-corrected chi connectivity index (χ0v) is 12.9. The normalized spacial score (nSPS) is 18.0. The van der Waals surface area contributed by atoms with Gasteiger partial charge in [-0.15, -0.1) is 0 Å². The van der Waals surface area contributed by atoms with Crippen molar-refractivity contribution in [3.8, 4) is 0 Å². The third-order valence-electron chi connectivity index (χ3n) is 3.49. The third-order valence-corrected chi connectivity index (χ3v) is 3.98. The Kier molecular flexibility index (Phi) is 4.07. The Bertz CT molecular complexity index is 735. The summed E-state index contributed by atoms with van der Waals surface area (Å²) in [4.78, 5) is 12.2. The number of ether oxygens (including phenoxy) is 1. The number of rotatable bonds is 3. The highest BCUT2D eigenvalue weighted by atomic mass is 79.9. The molecule has 110 valence electrons. The number of hydrogen-bond acceptors (Lipinski definition) is 4. The summed E-state index contributed by atoms with van der Waals surface area (Å²) in [6, 6.07) is 7.14. The van der Waals surface area contributed by atoms with Crippen LogP contribution in [0.25, 0.3) is 11.0 Å². The Morgan fingerprint density at radius 3 is 3.05 bits per heavy atom. The van der Waals surface area contributed by atoms with Crippen molar-refractivity contribution in [3.05, 3.63) is 39.9 Å². The Labute approximate surface area is 129 Å². The number of hydrogen-bond donors (Lipinski definition) is 2. The lowest BCUT2D eigenvalue weighted by molar-refractivity contribution is 0.0854. The molecular weight excluding hydrogens is 336 g/mol. The molecule has 0 spiro atoms. The van der Waals surface area contributed by atoms with Crippen LogP contribution in [-0.4, -0.2) is 25.2 Å². The Morgan fingerprint density at radius 2 is 2.29 bits per heavy atom. The lowest BCUT2D eigenvalue weighted by atomic mass is 10.1. The predicted molar refractivity (Wildman–Crippen MR) is 81.1 cm³/mol. The number of nitrogens with one attached hydrogen (secondary N) is 2. The molecule has 0 unspecified atom stereocenters. The van der Waals surface area contributed by atoms with Gasteiger partial charge in [0.05, 0.1) is 6.10 Å². The van der Waals surface area contributed by atoms with E-state index in [1.165, 1.54) is 0 Å². The fraction of sp³-hybridized carbons (Fsp3) is 0.333. The molecule has 0 aliphatic carbocycles. The van der Waals surface area contributed by atoms with E-state index in [2.05, 4.69) is 21.2 Å². The van der Waals surface area contributed by atoms with Crippen LogP contribution in [0.5, 0.6) is 0 Å². The van der Waals surface area contributed by atoms with Gasteiger partial charge in [-0.2, -0.15) is 0 Å². The number of amides is 1. The van der Waals surface area contributed by atoms with E-state index in [0.29, 0.717) is 12.1 Å². The average molecular weight is 351 g/mol. The molecule has 2 aromatic rings. The average Bonchev–Trinajstić information content (AvgIpc) is 2.98. The van der Waals surface area contributed by atoms with E-state index in [-0.39, 0.29) is 23.1 Å². The van der Waals surface area contributed by atoms with Gasteiger partial charge in [-0.25, -0.2) is 0 Å². The van der Waals surface area contributed by atoms with E-state index in [4.69, 9.17) is 14.6 Å². The molecule has 0 saturated carbocycles. The zero-order chi connectivity index (χ0) is 14.8. The van der Waals surface area contributed by atoms with Crippen LogP contribution >= 0.6 is 15.9 Å². The van der Waals surface area contributed by atoms with E-state index < -0.39 is 0 Å². The first-order valence-electron chi connectivity index (χ1n) is 6.81. The Hall–Kier alpha value is -1.66. The molecule has 3 rings (SSSR count). The molecule has 1 atom stereocenters. The van der Waals surface area contributed by atoms with Crippen LogP contribution in [0.1, 0.15) is 23.2 Å². The SMILES string of the molecule is N=c1oc2ccc(Br)cc2cc1C(=O)NC[C@H]1CCCO1. The van der Waals surface area contributed by atoms with Crippen LogP contribution < -0.4 is 10.9 Å². The van der Waals surface area contributed by atoms with Crippen LogP contribution in [0.3, 0.4) is 0 Å². The number of carbonyl (C=O) groups is 1. The number of fused-ring (bicyclic) bond motifs is 1. The first kappa shape index (κ1) is 14.3. The van der Waals surface area contributed by atoms with Gasteiger partial charge in [-0.3, -0.25) is 10.2 Å². The molecule has 2 N–H and O–H groups in total. The molecule has 1 amide bonds. The van der Waals surface area contributed by atoms with Gasteiger partial charge in [0, 0.05) is 23.0 Å². The van der Waals surface area contributed by atoms with Crippen LogP contribution in [0, 0.1) is 5.41 Å². The minimum Gasteiger partial charge on any atom is -0.438 e. The van der Waals surface area contributed by atoms with Crippen LogP contribution in [-0.2, 0) is 4.74 Å². The second-order valence-corrected chi connectivity index (χ2v) is 5.93. The van der Waals surface area contributed by atoms with Crippen LogP contribution in [0.15, 0.2) is 33.2 Å². The lowest BCUT2D eigenvalue weighted by Gasteiger charge is -2.11. The van der Waals surface area contributed by atoms with Crippen molar-refractivity contribution in [3.63, 3.8) is 0 Å². The Morgan fingerprint density at radius 1 is 1.43 bits per heavy atom. The molecule has 2 heterocycles. The molecule has 0 radical (unpaired) electrons. The van der Waals surface area contributed by atoms with Crippen molar-refractivity contribution in [1.29, 1.82) is 5.41 Å². The van der Waals surface area contributed by atoms with Gasteiger partial charge in [-0.05, 0) is 37.1 Å². The van der Waals surface area contributed by atoms with Crippen molar-refractivity contribution in [2.75, 3.05) is 13.2 Å². The largest absolute Gasteiger partial charge is 0.438 e. The molecule has 0 bridgehead atoms. The number of halogens is 1. The van der Waals surface area contributed by atoms with Crippen molar-refractivity contribution in [2.24, 2.45) is 0 Å². The molecule has 1 aliphatic rings. The maximum Gasteiger partial charge on any atom is 0.256 e.